The van der Waals surface area contributed by atoms with E-state index in [0.717, 1.165) is 18.2 Å². The molecule has 0 saturated carbocycles. The molecule has 5 heteroatoms. The minimum Gasteiger partial charge on any atom is -0.478 e. The number of aryl methyl sites for hydroxylation is 1. The molecule has 0 saturated heterocycles. The van der Waals surface area contributed by atoms with E-state index in [1.165, 1.54) is 19.1 Å². The molecule has 0 fully saturated rings. The van der Waals surface area contributed by atoms with E-state index in [9.17, 15) is 18.0 Å². The van der Waals surface area contributed by atoms with E-state index in [1.54, 1.807) is 0 Å². The first-order valence-corrected chi connectivity index (χ1v) is 4.39. The fourth-order valence-corrected chi connectivity index (χ4v) is 1.20. The maximum Gasteiger partial charge on any atom is 0.416 e. The first kappa shape index (κ1) is 12.3. The first-order chi connectivity index (χ1) is 7.30. The van der Waals surface area contributed by atoms with Crippen LogP contribution in [0.1, 0.15) is 16.7 Å². The molecule has 1 rings (SSSR count). The van der Waals surface area contributed by atoms with E-state index < -0.39 is 17.7 Å². The number of carboxylic acid groups (broad SMARTS) is 1. The third-order valence-electron chi connectivity index (χ3n) is 2.00. The van der Waals surface area contributed by atoms with Crippen LogP contribution in [0.25, 0.3) is 6.08 Å². The number of carboxylic acids is 1. The van der Waals surface area contributed by atoms with E-state index in [4.69, 9.17) is 5.11 Å². The molecule has 0 spiro atoms. The molecule has 0 aliphatic rings. The SMILES string of the molecule is Cc1cc(C(F)(F)F)ccc1/C=C\C(=O)O. The van der Waals surface area contributed by atoms with Crippen molar-refractivity contribution in [2.24, 2.45) is 0 Å². The molecule has 1 aromatic rings. The molecule has 0 atom stereocenters. The van der Waals surface area contributed by atoms with Crippen molar-refractivity contribution < 1.29 is 23.1 Å². The Labute approximate surface area is 90.0 Å². The highest BCUT2D eigenvalue weighted by Crippen LogP contribution is 2.30. The molecule has 16 heavy (non-hydrogen) atoms. The van der Waals surface area contributed by atoms with Gasteiger partial charge in [-0.3, -0.25) is 0 Å². The maximum atomic E-state index is 12.3. The minimum absolute atomic E-state index is 0.382. The molecule has 1 aromatic carbocycles. The van der Waals surface area contributed by atoms with Crippen molar-refractivity contribution in [1.82, 2.24) is 0 Å². The molecule has 86 valence electrons. The largest absolute Gasteiger partial charge is 0.478 e. The van der Waals surface area contributed by atoms with Gasteiger partial charge in [0.25, 0.3) is 0 Å². The van der Waals surface area contributed by atoms with Gasteiger partial charge < -0.3 is 5.11 Å². The average Bonchev–Trinajstić information content (AvgIpc) is 2.14. The maximum absolute atomic E-state index is 12.3. The predicted molar refractivity (Wildman–Crippen MR) is 52.9 cm³/mol. The van der Waals surface area contributed by atoms with Gasteiger partial charge in [-0.05, 0) is 36.3 Å². The molecule has 0 unspecified atom stereocenters. The molecule has 0 aliphatic heterocycles. The van der Waals surface area contributed by atoms with Gasteiger partial charge in [0.15, 0.2) is 0 Å². The van der Waals surface area contributed by atoms with E-state index in [-0.39, 0.29) is 0 Å². The standard InChI is InChI=1S/C11H9F3O2/c1-7-6-9(11(12,13)14)4-2-8(7)3-5-10(15)16/h2-6H,1H3,(H,15,16)/b5-3-. The Bertz CT molecular complexity index is 433. The number of rotatable bonds is 2. The number of alkyl halides is 3. The second kappa shape index (κ2) is 4.38. The van der Waals surface area contributed by atoms with Gasteiger partial charge >= 0.3 is 12.1 Å². The number of benzene rings is 1. The summed E-state index contributed by atoms with van der Waals surface area (Å²) in [6, 6.07) is 3.16. The summed E-state index contributed by atoms with van der Waals surface area (Å²) in [4.78, 5) is 10.2. The molecule has 0 heterocycles. The zero-order valence-electron chi connectivity index (χ0n) is 8.38. The Morgan fingerprint density at radius 2 is 2.00 bits per heavy atom. The molecule has 0 aliphatic carbocycles. The van der Waals surface area contributed by atoms with Crippen LogP contribution in [0, 0.1) is 6.92 Å². The Morgan fingerprint density at radius 1 is 1.38 bits per heavy atom. The normalized spacial score (nSPS) is 12.0. The van der Waals surface area contributed by atoms with E-state index in [2.05, 4.69) is 0 Å². The zero-order chi connectivity index (χ0) is 12.3. The highest BCUT2D eigenvalue weighted by Gasteiger charge is 2.30. The first-order valence-electron chi connectivity index (χ1n) is 4.39. The van der Waals surface area contributed by atoms with Gasteiger partial charge in [0.2, 0.25) is 0 Å². The van der Waals surface area contributed by atoms with E-state index in [1.807, 2.05) is 0 Å². The molecular formula is C11H9F3O2. The highest BCUT2D eigenvalue weighted by atomic mass is 19.4. The van der Waals surface area contributed by atoms with Crippen LogP contribution in [0.2, 0.25) is 0 Å². The van der Waals surface area contributed by atoms with Gasteiger partial charge in [-0.2, -0.15) is 13.2 Å². The summed E-state index contributed by atoms with van der Waals surface area (Å²) in [5.74, 6) is -1.14. The lowest BCUT2D eigenvalue weighted by Crippen LogP contribution is -2.05. The Morgan fingerprint density at radius 3 is 2.44 bits per heavy atom. The van der Waals surface area contributed by atoms with Crippen LogP contribution in [0.5, 0.6) is 0 Å². The van der Waals surface area contributed by atoms with Crippen molar-refractivity contribution in [3.63, 3.8) is 0 Å². The van der Waals surface area contributed by atoms with Crippen LogP contribution >= 0.6 is 0 Å². The Balaban J connectivity index is 3.05. The molecule has 2 nitrogen and oxygen atoms in total. The average molecular weight is 230 g/mol. The molecule has 0 bridgehead atoms. The Kier molecular flexibility index (Phi) is 3.37. The third kappa shape index (κ3) is 3.12. The van der Waals surface area contributed by atoms with Gasteiger partial charge in [0.05, 0.1) is 5.56 Å². The summed E-state index contributed by atoms with van der Waals surface area (Å²) in [7, 11) is 0. The van der Waals surface area contributed by atoms with Gasteiger partial charge in [0, 0.05) is 6.08 Å². The van der Waals surface area contributed by atoms with Crippen LogP contribution in [-0.4, -0.2) is 11.1 Å². The summed E-state index contributed by atoms with van der Waals surface area (Å²) in [5, 5.41) is 8.38. The van der Waals surface area contributed by atoms with Crippen molar-refractivity contribution in [1.29, 1.82) is 0 Å². The minimum atomic E-state index is -4.38. The molecule has 0 aromatic heterocycles. The van der Waals surface area contributed by atoms with E-state index >= 15 is 0 Å². The van der Waals surface area contributed by atoms with Crippen molar-refractivity contribution in [2.75, 3.05) is 0 Å². The van der Waals surface area contributed by atoms with Crippen molar-refractivity contribution in [3.8, 4) is 0 Å². The second-order valence-electron chi connectivity index (χ2n) is 3.24. The highest BCUT2D eigenvalue weighted by molar-refractivity contribution is 5.85. The number of hydrogen-bond acceptors (Lipinski definition) is 1. The number of carbonyl (C=O) groups is 1. The summed E-state index contributed by atoms with van der Waals surface area (Å²) in [6.07, 6.45) is -2.23. The van der Waals surface area contributed by atoms with Crippen LogP contribution in [0.3, 0.4) is 0 Å². The Hall–Kier alpha value is -1.78. The lowest BCUT2D eigenvalue weighted by molar-refractivity contribution is -0.137. The summed E-state index contributed by atoms with van der Waals surface area (Å²) in [5.41, 5.74) is 0.0974. The lowest BCUT2D eigenvalue weighted by atomic mass is 10.0. The smallest absolute Gasteiger partial charge is 0.416 e. The van der Waals surface area contributed by atoms with Gasteiger partial charge in [-0.1, -0.05) is 6.07 Å². The summed E-state index contributed by atoms with van der Waals surface area (Å²) < 4.78 is 36.9. The van der Waals surface area contributed by atoms with Crippen LogP contribution in [0.15, 0.2) is 24.3 Å². The topological polar surface area (TPSA) is 37.3 Å². The lowest BCUT2D eigenvalue weighted by Gasteiger charge is -2.08. The number of halogens is 3. The van der Waals surface area contributed by atoms with Crippen LogP contribution in [-0.2, 0) is 11.0 Å². The molecule has 0 amide bonds. The van der Waals surface area contributed by atoms with Crippen molar-refractivity contribution >= 4 is 12.0 Å². The summed E-state index contributed by atoms with van der Waals surface area (Å²) >= 11 is 0. The van der Waals surface area contributed by atoms with Gasteiger partial charge in [-0.15, -0.1) is 0 Å². The molecule has 1 N–H and O–H groups in total. The monoisotopic (exact) mass is 230 g/mol. The third-order valence-corrected chi connectivity index (χ3v) is 2.00. The molecular weight excluding hydrogens is 221 g/mol. The fourth-order valence-electron chi connectivity index (χ4n) is 1.20. The predicted octanol–water partition coefficient (Wildman–Crippen LogP) is 3.11. The number of hydrogen-bond donors (Lipinski definition) is 1. The van der Waals surface area contributed by atoms with Crippen molar-refractivity contribution in [2.45, 2.75) is 13.1 Å². The van der Waals surface area contributed by atoms with Crippen LogP contribution < -0.4 is 0 Å². The second-order valence-corrected chi connectivity index (χ2v) is 3.24. The van der Waals surface area contributed by atoms with Gasteiger partial charge in [0.1, 0.15) is 0 Å². The fraction of sp³-hybridized carbons (Fsp3) is 0.182. The van der Waals surface area contributed by atoms with E-state index in [0.29, 0.717) is 11.1 Å². The van der Waals surface area contributed by atoms with Gasteiger partial charge in [-0.25, -0.2) is 4.79 Å². The molecule has 0 radical (unpaired) electrons. The van der Waals surface area contributed by atoms with Crippen molar-refractivity contribution in [3.05, 3.63) is 41.0 Å². The zero-order valence-corrected chi connectivity index (χ0v) is 8.38. The quantitative estimate of drug-likeness (QED) is 0.792. The summed E-state index contributed by atoms with van der Waals surface area (Å²) in [6.45, 7) is 1.50. The number of aliphatic carboxylic acids is 1. The van der Waals surface area contributed by atoms with Crippen LogP contribution in [0.4, 0.5) is 13.2 Å².